The summed E-state index contributed by atoms with van der Waals surface area (Å²) in [5.74, 6) is 1.63. The molecule has 0 unspecified atom stereocenters. The van der Waals surface area contributed by atoms with Crippen LogP contribution in [0, 0.1) is 28.6 Å². The number of aliphatic hydroxyl groups excluding tert-OH is 2. The zero-order valence-electron chi connectivity index (χ0n) is 19.7. The third-order valence-electron chi connectivity index (χ3n) is 10.9. The normalized spacial score (nSPS) is 50.9. The fraction of sp³-hybridized carbons (Fsp3) is 0.885. The van der Waals surface area contributed by atoms with Crippen LogP contribution in [0.5, 0.6) is 0 Å². The van der Waals surface area contributed by atoms with Crippen molar-refractivity contribution in [1.29, 1.82) is 0 Å². The number of allylic oxidation sites excluding steroid dienone is 1. The second kappa shape index (κ2) is 7.56. The Morgan fingerprint density at radius 2 is 1.81 bits per heavy atom. The molecule has 0 bridgehead atoms. The molecule has 5 rings (SSSR count). The van der Waals surface area contributed by atoms with Crippen molar-refractivity contribution in [3.8, 4) is 0 Å². The summed E-state index contributed by atoms with van der Waals surface area (Å²) in [4.78, 5) is 2.50. The van der Waals surface area contributed by atoms with E-state index in [1.54, 1.807) is 0 Å². The Kier molecular flexibility index (Phi) is 5.35. The molecular weight excluding hydrogens is 388 g/mol. The van der Waals surface area contributed by atoms with Crippen LogP contribution in [0.25, 0.3) is 0 Å². The standard InChI is InChI=1S/C26H42N2O3/c1-17(27-31)26(28-13-5-4-6-14-28)23(30)16-22-20-8-7-18-15-19(29)9-11-24(18,2)21(20)10-12-25(22,26)3/h7,19-23,29-31H,4-6,8-16H2,1-3H3/t19-,20-,21+,22-,23+,24-,25-,26-/m0/s1. The van der Waals surface area contributed by atoms with Gasteiger partial charge in [0, 0.05) is 0 Å². The molecular formula is C26H42N2O3. The van der Waals surface area contributed by atoms with Crippen molar-refractivity contribution in [3.63, 3.8) is 0 Å². The predicted octanol–water partition coefficient (Wildman–Crippen LogP) is 4.36. The van der Waals surface area contributed by atoms with E-state index in [-0.39, 0.29) is 16.9 Å². The Balaban J connectivity index is 1.55. The van der Waals surface area contributed by atoms with Gasteiger partial charge in [-0.25, -0.2) is 0 Å². The van der Waals surface area contributed by atoms with Gasteiger partial charge in [-0.3, -0.25) is 4.90 Å². The summed E-state index contributed by atoms with van der Waals surface area (Å²) in [6, 6.07) is 0. The van der Waals surface area contributed by atoms with E-state index in [0.717, 1.165) is 64.5 Å². The zero-order valence-corrected chi connectivity index (χ0v) is 19.7. The number of nitrogens with zero attached hydrogens (tertiary/aromatic N) is 2. The number of fused-ring (bicyclic) bond motifs is 5. The molecule has 4 fully saturated rings. The Labute approximate surface area is 187 Å². The third kappa shape index (κ3) is 2.81. The van der Waals surface area contributed by atoms with Crippen molar-refractivity contribution >= 4 is 5.71 Å². The maximum Gasteiger partial charge on any atom is 0.0943 e. The fourth-order valence-electron chi connectivity index (χ4n) is 9.44. The van der Waals surface area contributed by atoms with Gasteiger partial charge >= 0.3 is 0 Å². The van der Waals surface area contributed by atoms with Crippen LogP contribution < -0.4 is 0 Å². The molecule has 174 valence electrons. The summed E-state index contributed by atoms with van der Waals surface area (Å²) in [6.45, 7) is 8.77. The van der Waals surface area contributed by atoms with Crippen molar-refractivity contribution < 1.29 is 15.4 Å². The summed E-state index contributed by atoms with van der Waals surface area (Å²) < 4.78 is 0. The Hall–Kier alpha value is -0.910. The average Bonchev–Trinajstić information content (AvgIpc) is 3.01. The molecule has 5 heteroatoms. The van der Waals surface area contributed by atoms with Crippen LogP contribution >= 0.6 is 0 Å². The molecule has 4 aliphatic carbocycles. The van der Waals surface area contributed by atoms with Crippen molar-refractivity contribution in [2.45, 2.75) is 103 Å². The number of rotatable bonds is 2. The Morgan fingerprint density at radius 3 is 2.52 bits per heavy atom. The van der Waals surface area contributed by atoms with Crippen LogP contribution in [-0.4, -0.2) is 56.9 Å². The lowest BCUT2D eigenvalue weighted by atomic mass is 9.46. The number of hydrogen-bond acceptors (Lipinski definition) is 5. The van der Waals surface area contributed by atoms with Gasteiger partial charge in [-0.05, 0) is 106 Å². The molecule has 0 radical (unpaired) electrons. The molecule has 0 amide bonds. The van der Waals surface area contributed by atoms with E-state index in [2.05, 4.69) is 30.0 Å². The highest BCUT2D eigenvalue weighted by molar-refractivity contribution is 5.93. The predicted molar refractivity (Wildman–Crippen MR) is 122 cm³/mol. The fourth-order valence-corrected chi connectivity index (χ4v) is 9.44. The lowest BCUT2D eigenvalue weighted by Crippen LogP contribution is -2.69. The number of aliphatic hydroxyl groups is 2. The summed E-state index contributed by atoms with van der Waals surface area (Å²) in [5.41, 5.74) is 1.77. The van der Waals surface area contributed by atoms with Gasteiger partial charge in [0.05, 0.1) is 23.5 Å². The first-order valence-electron chi connectivity index (χ1n) is 12.8. The third-order valence-corrected chi connectivity index (χ3v) is 10.9. The average molecular weight is 431 g/mol. The largest absolute Gasteiger partial charge is 0.411 e. The summed E-state index contributed by atoms with van der Waals surface area (Å²) >= 11 is 0. The van der Waals surface area contributed by atoms with E-state index in [0.29, 0.717) is 23.5 Å². The van der Waals surface area contributed by atoms with Crippen LogP contribution in [0.4, 0.5) is 0 Å². The Bertz CT molecular complexity index is 775. The molecule has 3 saturated carbocycles. The van der Waals surface area contributed by atoms with E-state index in [1.807, 2.05) is 6.92 Å². The topological polar surface area (TPSA) is 76.3 Å². The highest BCUT2D eigenvalue weighted by Crippen LogP contribution is 2.68. The van der Waals surface area contributed by atoms with Crippen LogP contribution in [0.3, 0.4) is 0 Å². The summed E-state index contributed by atoms with van der Waals surface area (Å²) in [6.07, 6.45) is 12.3. The van der Waals surface area contributed by atoms with Gasteiger partial charge < -0.3 is 15.4 Å². The molecule has 1 aliphatic heterocycles. The highest BCUT2D eigenvalue weighted by atomic mass is 16.4. The molecule has 1 heterocycles. The van der Waals surface area contributed by atoms with Gasteiger partial charge in [-0.1, -0.05) is 37.1 Å². The first kappa shape index (κ1) is 21.9. The van der Waals surface area contributed by atoms with E-state index >= 15 is 0 Å². The molecule has 5 aliphatic rings. The number of oxime groups is 1. The molecule has 0 aromatic rings. The minimum absolute atomic E-state index is 0.0862. The molecule has 1 saturated heterocycles. The zero-order chi connectivity index (χ0) is 22.0. The van der Waals surface area contributed by atoms with Crippen molar-refractivity contribution in [3.05, 3.63) is 11.6 Å². The monoisotopic (exact) mass is 430 g/mol. The van der Waals surface area contributed by atoms with E-state index in [4.69, 9.17) is 0 Å². The molecule has 0 spiro atoms. The van der Waals surface area contributed by atoms with Crippen molar-refractivity contribution in [2.24, 2.45) is 33.7 Å². The van der Waals surface area contributed by atoms with E-state index in [9.17, 15) is 15.4 Å². The molecule has 8 atom stereocenters. The van der Waals surface area contributed by atoms with Crippen LogP contribution in [0.2, 0.25) is 0 Å². The molecule has 31 heavy (non-hydrogen) atoms. The smallest absolute Gasteiger partial charge is 0.0943 e. The van der Waals surface area contributed by atoms with Gasteiger partial charge in [0.1, 0.15) is 0 Å². The van der Waals surface area contributed by atoms with E-state index < -0.39 is 11.6 Å². The maximum atomic E-state index is 11.7. The summed E-state index contributed by atoms with van der Waals surface area (Å²) in [7, 11) is 0. The van der Waals surface area contributed by atoms with Crippen LogP contribution in [0.15, 0.2) is 16.8 Å². The molecule has 3 N–H and O–H groups in total. The van der Waals surface area contributed by atoms with Crippen molar-refractivity contribution in [1.82, 2.24) is 4.90 Å². The van der Waals surface area contributed by atoms with Crippen molar-refractivity contribution in [2.75, 3.05) is 13.1 Å². The van der Waals surface area contributed by atoms with Crippen LogP contribution in [0.1, 0.15) is 85.0 Å². The minimum atomic E-state index is -0.550. The minimum Gasteiger partial charge on any atom is -0.411 e. The van der Waals surface area contributed by atoms with Crippen LogP contribution in [-0.2, 0) is 0 Å². The highest BCUT2D eigenvalue weighted by Gasteiger charge is 2.70. The van der Waals surface area contributed by atoms with Gasteiger partial charge in [-0.15, -0.1) is 0 Å². The molecule has 0 aromatic carbocycles. The maximum absolute atomic E-state index is 11.7. The first-order valence-corrected chi connectivity index (χ1v) is 12.8. The SMILES string of the molecule is CC(=NO)[C@]1(N2CCCCC2)[C@H](O)C[C@H]2[C@H]3CC=C4C[C@@H](O)CC[C@]4(C)[C@@H]3CC[C@@]21C. The van der Waals surface area contributed by atoms with Gasteiger partial charge in [0.25, 0.3) is 0 Å². The van der Waals surface area contributed by atoms with Gasteiger partial charge in [-0.2, -0.15) is 0 Å². The second-order valence-electron chi connectivity index (χ2n) is 11.9. The lowest BCUT2D eigenvalue weighted by Gasteiger charge is -2.61. The Morgan fingerprint density at radius 1 is 1.06 bits per heavy atom. The lowest BCUT2D eigenvalue weighted by molar-refractivity contribution is -0.0912. The summed E-state index contributed by atoms with van der Waals surface area (Å²) in [5, 5.41) is 35.8. The number of likely N-dealkylation sites (tertiary alicyclic amines) is 1. The quantitative estimate of drug-likeness (QED) is 0.263. The van der Waals surface area contributed by atoms with Gasteiger partial charge in [0.2, 0.25) is 0 Å². The number of hydrogen-bond donors (Lipinski definition) is 3. The second-order valence-corrected chi connectivity index (χ2v) is 11.9. The first-order chi connectivity index (χ1) is 14.8. The van der Waals surface area contributed by atoms with Gasteiger partial charge in [0.15, 0.2) is 0 Å². The number of piperidine rings is 1. The van der Waals surface area contributed by atoms with E-state index in [1.165, 1.54) is 18.4 Å². The molecule has 0 aromatic heterocycles. The molecule has 5 nitrogen and oxygen atoms in total.